The van der Waals surface area contributed by atoms with Crippen LogP contribution in [0.1, 0.15) is 0 Å². The molecule has 8 heavy (non-hydrogen) atoms. The van der Waals surface area contributed by atoms with E-state index in [1.54, 1.807) is 11.9 Å². The molecule has 0 rings (SSSR count). The van der Waals surface area contributed by atoms with Crippen molar-refractivity contribution in [2.75, 3.05) is 13.6 Å². The van der Waals surface area contributed by atoms with Crippen LogP contribution in [0.25, 0.3) is 0 Å². The summed E-state index contributed by atoms with van der Waals surface area (Å²) in [6, 6.07) is 0. The van der Waals surface area contributed by atoms with Crippen LogP contribution in [-0.2, 0) is 4.79 Å². The van der Waals surface area contributed by atoms with Crippen molar-refractivity contribution in [3.8, 4) is 12.3 Å². The van der Waals surface area contributed by atoms with E-state index in [0.717, 1.165) is 0 Å². The Kier molecular flexibility index (Phi) is 4.00. The number of carbonyl (C=O) groups is 1. The highest BCUT2D eigenvalue weighted by molar-refractivity contribution is 6.64. The van der Waals surface area contributed by atoms with Crippen LogP contribution < -0.4 is 0 Å². The van der Waals surface area contributed by atoms with Crippen molar-refractivity contribution >= 4 is 13.6 Å². The Labute approximate surface area is 50.1 Å². The summed E-state index contributed by atoms with van der Waals surface area (Å²) >= 11 is 0. The van der Waals surface area contributed by atoms with Gasteiger partial charge in [0.1, 0.15) is 0 Å². The number of terminal acetylenes is 1. The number of hydrogen-bond acceptors (Lipinski definition) is 2. The van der Waals surface area contributed by atoms with Gasteiger partial charge in [-0.05, 0) is 7.05 Å². The molecular formula is C5H7BNO. The molecule has 1 radical (unpaired) electrons. The van der Waals surface area contributed by atoms with Gasteiger partial charge >= 0.3 is 0 Å². The summed E-state index contributed by atoms with van der Waals surface area (Å²) in [6.45, 7) is 0.485. The second kappa shape index (κ2) is 4.41. The predicted octanol–water partition coefficient (Wildman–Crippen LogP) is -0.639. The molecule has 0 heterocycles. The molecule has 0 amide bonds. The minimum atomic E-state index is 0.485. The lowest BCUT2D eigenvalue weighted by Crippen LogP contribution is -2.24. The van der Waals surface area contributed by atoms with E-state index >= 15 is 0 Å². The Morgan fingerprint density at radius 3 is 3.00 bits per heavy atom. The van der Waals surface area contributed by atoms with Crippen LogP contribution in [0.3, 0.4) is 0 Å². The van der Waals surface area contributed by atoms with Crippen molar-refractivity contribution in [2.45, 2.75) is 0 Å². The van der Waals surface area contributed by atoms with E-state index in [1.165, 1.54) is 7.41 Å². The number of rotatable bonds is 3. The van der Waals surface area contributed by atoms with Gasteiger partial charge in [-0.2, -0.15) is 0 Å². The summed E-state index contributed by atoms with van der Waals surface area (Å²) in [5.41, 5.74) is 0. The Bertz CT molecular complexity index is 107. The first kappa shape index (κ1) is 7.25. The smallest absolute Gasteiger partial charge is 0.293 e. The lowest BCUT2D eigenvalue weighted by atomic mass is 9.96. The second-order valence-corrected chi connectivity index (χ2v) is 1.40. The van der Waals surface area contributed by atoms with Gasteiger partial charge < -0.3 is 9.61 Å². The molecule has 41 valence electrons. The van der Waals surface area contributed by atoms with Crippen LogP contribution >= 0.6 is 0 Å². The van der Waals surface area contributed by atoms with E-state index in [9.17, 15) is 4.79 Å². The van der Waals surface area contributed by atoms with Crippen molar-refractivity contribution in [1.29, 1.82) is 0 Å². The largest absolute Gasteiger partial charge is 0.333 e. The first-order valence-electron chi connectivity index (χ1n) is 2.23. The first-order valence-corrected chi connectivity index (χ1v) is 2.23. The van der Waals surface area contributed by atoms with Crippen LogP contribution in [0.5, 0.6) is 0 Å². The monoisotopic (exact) mass is 108 g/mol. The topological polar surface area (TPSA) is 20.3 Å². The van der Waals surface area contributed by atoms with E-state index in [4.69, 9.17) is 6.42 Å². The molecule has 3 heteroatoms. The van der Waals surface area contributed by atoms with Crippen molar-refractivity contribution in [3.05, 3.63) is 0 Å². The normalized spacial score (nSPS) is 8.12. The third kappa shape index (κ3) is 3.45. The van der Waals surface area contributed by atoms with E-state index in [2.05, 4.69) is 5.92 Å². The van der Waals surface area contributed by atoms with Gasteiger partial charge in [0.05, 0.1) is 6.19 Å². The van der Waals surface area contributed by atoms with Crippen molar-refractivity contribution < 1.29 is 4.79 Å². The summed E-state index contributed by atoms with van der Waals surface area (Å²) in [4.78, 5) is 11.4. The van der Waals surface area contributed by atoms with E-state index in [1.807, 2.05) is 0 Å². The average molecular weight is 108 g/mol. The minimum Gasteiger partial charge on any atom is -0.333 e. The third-order valence-electron chi connectivity index (χ3n) is 0.656. The molecule has 0 aromatic rings. The fourth-order valence-electron chi connectivity index (χ4n) is 0.301. The van der Waals surface area contributed by atoms with Gasteiger partial charge in [0.2, 0.25) is 0 Å². The highest BCUT2D eigenvalue weighted by Gasteiger charge is 1.93. The molecule has 0 saturated carbocycles. The molecule has 0 N–H and O–H groups in total. The molecule has 0 spiro atoms. The minimum absolute atomic E-state index is 0.485. The van der Waals surface area contributed by atoms with E-state index < -0.39 is 0 Å². The molecule has 0 aliphatic rings. The fraction of sp³-hybridized carbons (Fsp3) is 0.400. The van der Waals surface area contributed by atoms with Gasteiger partial charge in [-0.15, -0.1) is 6.42 Å². The zero-order valence-electron chi connectivity index (χ0n) is 4.79. The van der Waals surface area contributed by atoms with Gasteiger partial charge in [-0.3, -0.25) is 0 Å². The van der Waals surface area contributed by atoms with E-state index in [0.29, 0.717) is 12.7 Å². The molecule has 0 aliphatic heterocycles. The Morgan fingerprint density at radius 2 is 2.62 bits per heavy atom. The van der Waals surface area contributed by atoms with Crippen LogP contribution in [0.15, 0.2) is 0 Å². The second-order valence-electron chi connectivity index (χ2n) is 1.40. The summed E-state index contributed by atoms with van der Waals surface area (Å²) in [6.07, 6.45) is 5.64. The highest BCUT2D eigenvalue weighted by atomic mass is 16.1. The maximum Gasteiger partial charge on any atom is 0.293 e. The fourth-order valence-corrected chi connectivity index (χ4v) is 0.301. The Hall–Kier alpha value is -0.745. The van der Waals surface area contributed by atoms with Gasteiger partial charge in [0.25, 0.3) is 7.41 Å². The Balaban J connectivity index is 3.20. The summed E-state index contributed by atoms with van der Waals surface area (Å²) in [5, 5.41) is 0. The Morgan fingerprint density at radius 1 is 2.00 bits per heavy atom. The molecule has 0 aromatic carbocycles. The van der Waals surface area contributed by atoms with E-state index in [-0.39, 0.29) is 0 Å². The molecule has 0 aliphatic carbocycles. The zero-order chi connectivity index (χ0) is 6.41. The molecule has 0 bridgehead atoms. The number of nitrogens with zero attached hydrogens (tertiary/aromatic N) is 1. The number of carbonyl (C=O) groups excluding carboxylic acids is 1. The number of hydrogen-bond donors (Lipinski definition) is 0. The first-order chi connectivity index (χ1) is 3.81. The highest BCUT2D eigenvalue weighted by Crippen LogP contribution is 1.70. The van der Waals surface area contributed by atoms with Crippen LogP contribution in [0.4, 0.5) is 0 Å². The zero-order valence-corrected chi connectivity index (χ0v) is 4.79. The maximum atomic E-state index is 9.72. The summed E-state index contributed by atoms with van der Waals surface area (Å²) in [5.74, 6) is 2.39. The van der Waals surface area contributed by atoms with Crippen LogP contribution in [-0.4, -0.2) is 32.0 Å². The molecule has 0 fully saturated rings. The van der Waals surface area contributed by atoms with Gasteiger partial charge in [-0.25, -0.2) is 0 Å². The lowest BCUT2D eigenvalue weighted by molar-refractivity contribution is 0.558. The van der Waals surface area contributed by atoms with Crippen molar-refractivity contribution in [2.24, 2.45) is 0 Å². The molecular weight excluding hydrogens is 101 g/mol. The standard InChI is InChI=1S/C5H7BNO/c1-3-4-7(2)6-5-8/h1,5H,4H2,2H3. The van der Waals surface area contributed by atoms with Gasteiger partial charge in [0, 0.05) is 6.54 Å². The lowest BCUT2D eigenvalue weighted by Gasteiger charge is -2.04. The quantitative estimate of drug-likeness (QED) is 0.272. The van der Waals surface area contributed by atoms with Crippen LogP contribution in [0, 0.1) is 12.3 Å². The molecule has 0 saturated heterocycles. The maximum absolute atomic E-state index is 9.72. The van der Waals surface area contributed by atoms with Gasteiger partial charge in [-0.1, -0.05) is 5.92 Å². The predicted molar refractivity (Wildman–Crippen MR) is 34.0 cm³/mol. The third-order valence-corrected chi connectivity index (χ3v) is 0.656. The van der Waals surface area contributed by atoms with Crippen molar-refractivity contribution in [1.82, 2.24) is 4.81 Å². The SMILES string of the molecule is C#CCN(C)[B]C=O. The van der Waals surface area contributed by atoms with Gasteiger partial charge in [0.15, 0.2) is 0 Å². The summed E-state index contributed by atoms with van der Waals surface area (Å²) < 4.78 is 0. The van der Waals surface area contributed by atoms with Crippen LogP contribution in [0.2, 0.25) is 0 Å². The van der Waals surface area contributed by atoms with Crippen molar-refractivity contribution in [3.63, 3.8) is 0 Å². The molecule has 0 atom stereocenters. The molecule has 0 aromatic heterocycles. The average Bonchev–Trinajstić information content (AvgIpc) is 1.68. The molecule has 2 nitrogen and oxygen atoms in total. The molecule has 0 unspecified atom stereocenters. The summed E-state index contributed by atoms with van der Waals surface area (Å²) in [7, 11) is 3.13.